The van der Waals surface area contributed by atoms with Gasteiger partial charge in [0.2, 0.25) is 5.78 Å². The minimum Gasteiger partial charge on any atom is -0.506 e. The fraction of sp³-hybridized carbons (Fsp3) is 0.105. The van der Waals surface area contributed by atoms with Gasteiger partial charge in [0.05, 0.1) is 5.69 Å². The van der Waals surface area contributed by atoms with Crippen LogP contribution in [0.2, 0.25) is 0 Å². The number of rotatable bonds is 5. The first-order valence-electron chi connectivity index (χ1n) is 7.43. The third-order valence-corrected chi connectivity index (χ3v) is 3.67. The lowest BCUT2D eigenvalue weighted by Crippen LogP contribution is -1.98. The van der Waals surface area contributed by atoms with Crippen LogP contribution < -0.4 is 0 Å². The molecule has 0 bridgehead atoms. The van der Waals surface area contributed by atoms with Crippen LogP contribution >= 0.6 is 0 Å². The van der Waals surface area contributed by atoms with E-state index in [1.54, 1.807) is 54.2 Å². The fourth-order valence-electron chi connectivity index (χ4n) is 2.41. The first-order chi connectivity index (χ1) is 11.5. The van der Waals surface area contributed by atoms with Crippen molar-refractivity contribution in [1.82, 2.24) is 4.57 Å². The molecule has 0 atom stereocenters. The number of aryl methyl sites for hydroxylation is 1. The number of nitrogens with zero attached hydrogens (tertiary/aromatic N) is 1. The van der Waals surface area contributed by atoms with Gasteiger partial charge in [-0.05, 0) is 42.0 Å². The van der Waals surface area contributed by atoms with Gasteiger partial charge >= 0.3 is 0 Å². The summed E-state index contributed by atoms with van der Waals surface area (Å²) in [5, 5.41) is 10.0. The number of carbonyl (C=O) groups excluding carboxylic acids is 1. The number of aliphatic hydroxyl groups is 1. The molecule has 4 nitrogen and oxygen atoms in total. The molecule has 0 radical (unpaired) electrons. The molecule has 0 amide bonds. The van der Waals surface area contributed by atoms with Crippen molar-refractivity contribution < 1.29 is 18.7 Å². The van der Waals surface area contributed by atoms with Gasteiger partial charge in [-0.1, -0.05) is 12.1 Å². The maximum atomic E-state index is 12.9. The summed E-state index contributed by atoms with van der Waals surface area (Å²) in [7, 11) is 1.78. The summed E-state index contributed by atoms with van der Waals surface area (Å²) in [4.78, 5) is 12.2. The van der Waals surface area contributed by atoms with Crippen molar-refractivity contribution in [1.29, 1.82) is 0 Å². The number of halogens is 1. The normalized spacial score (nSPS) is 11.7. The summed E-state index contributed by atoms with van der Waals surface area (Å²) in [5.74, 6) is -0.0945. The smallest absolute Gasteiger partial charge is 0.224 e. The van der Waals surface area contributed by atoms with Crippen LogP contribution in [0.25, 0.3) is 5.76 Å². The molecule has 24 heavy (non-hydrogen) atoms. The van der Waals surface area contributed by atoms with E-state index in [0.717, 1.165) is 11.6 Å². The van der Waals surface area contributed by atoms with E-state index in [2.05, 4.69) is 0 Å². The number of carbonyl (C=O) groups is 1. The number of aliphatic hydroxyl groups excluding tert-OH is 1. The molecule has 3 rings (SSSR count). The third-order valence-electron chi connectivity index (χ3n) is 3.67. The van der Waals surface area contributed by atoms with Crippen molar-refractivity contribution in [3.63, 3.8) is 0 Å². The summed E-state index contributed by atoms with van der Waals surface area (Å²) in [6.45, 7) is 0. The zero-order chi connectivity index (χ0) is 17.1. The molecule has 1 aromatic carbocycles. The molecule has 2 heterocycles. The van der Waals surface area contributed by atoms with Crippen LogP contribution in [0.3, 0.4) is 0 Å². The summed E-state index contributed by atoms with van der Waals surface area (Å²) < 4.78 is 20.1. The predicted octanol–water partition coefficient (Wildman–Crippen LogP) is 4.13. The second-order valence-corrected chi connectivity index (χ2v) is 5.47. The molecule has 0 spiro atoms. The van der Waals surface area contributed by atoms with Gasteiger partial charge in [0.25, 0.3) is 0 Å². The molecule has 0 fully saturated rings. The Morgan fingerprint density at radius 3 is 2.62 bits per heavy atom. The molecule has 122 valence electrons. The molecule has 5 heteroatoms. The lowest BCUT2D eigenvalue weighted by atomic mass is 10.1. The second-order valence-electron chi connectivity index (χ2n) is 5.47. The number of aromatic nitrogens is 1. The van der Waals surface area contributed by atoms with Crippen molar-refractivity contribution in [3.05, 3.63) is 89.4 Å². The molecular weight excluding hydrogens is 309 g/mol. The lowest BCUT2D eigenvalue weighted by molar-refractivity contribution is 0.101. The molecule has 0 saturated heterocycles. The van der Waals surface area contributed by atoms with Crippen molar-refractivity contribution in [2.75, 3.05) is 0 Å². The van der Waals surface area contributed by atoms with E-state index in [4.69, 9.17) is 4.42 Å². The molecule has 0 aliphatic carbocycles. The van der Waals surface area contributed by atoms with E-state index in [1.165, 1.54) is 12.1 Å². The van der Waals surface area contributed by atoms with Crippen LogP contribution in [0.1, 0.15) is 27.6 Å². The fourth-order valence-corrected chi connectivity index (χ4v) is 2.41. The van der Waals surface area contributed by atoms with E-state index in [1.807, 2.05) is 0 Å². The van der Waals surface area contributed by atoms with Crippen molar-refractivity contribution in [3.8, 4) is 0 Å². The van der Waals surface area contributed by atoms with E-state index in [0.29, 0.717) is 17.9 Å². The monoisotopic (exact) mass is 325 g/mol. The maximum absolute atomic E-state index is 12.9. The summed E-state index contributed by atoms with van der Waals surface area (Å²) in [6.07, 6.45) is 3.37. The number of furan rings is 1. The highest BCUT2D eigenvalue weighted by Crippen LogP contribution is 2.17. The zero-order valence-corrected chi connectivity index (χ0v) is 13.1. The molecule has 3 aromatic rings. The molecule has 2 aromatic heterocycles. The van der Waals surface area contributed by atoms with Crippen molar-refractivity contribution >= 4 is 11.5 Å². The Bertz CT molecular complexity index is 887. The van der Waals surface area contributed by atoms with E-state index < -0.39 is 5.78 Å². The van der Waals surface area contributed by atoms with Crippen LogP contribution in [0, 0.1) is 5.82 Å². The van der Waals surface area contributed by atoms with Gasteiger partial charge in [-0.15, -0.1) is 0 Å². The number of ketones is 1. The molecule has 0 saturated carbocycles. The van der Waals surface area contributed by atoms with Gasteiger partial charge in [0.15, 0.2) is 5.76 Å². The van der Waals surface area contributed by atoms with Gasteiger partial charge in [0.1, 0.15) is 17.3 Å². The Balaban J connectivity index is 1.74. The highest BCUT2D eigenvalue weighted by Gasteiger charge is 2.12. The van der Waals surface area contributed by atoms with Crippen LogP contribution in [-0.4, -0.2) is 15.5 Å². The average Bonchev–Trinajstić information content (AvgIpc) is 3.18. The number of hydrogen-bond acceptors (Lipinski definition) is 3. The highest BCUT2D eigenvalue weighted by molar-refractivity contribution is 6.05. The van der Waals surface area contributed by atoms with E-state index in [9.17, 15) is 14.3 Å². The third kappa shape index (κ3) is 3.46. The second kappa shape index (κ2) is 6.58. The molecule has 1 N–H and O–H groups in total. The van der Waals surface area contributed by atoms with Gasteiger partial charge < -0.3 is 14.1 Å². The van der Waals surface area contributed by atoms with Crippen LogP contribution in [0.15, 0.2) is 65.2 Å². The first kappa shape index (κ1) is 15.8. The average molecular weight is 325 g/mol. The Hall–Kier alpha value is -3.08. The van der Waals surface area contributed by atoms with Gasteiger partial charge in [-0.2, -0.15) is 0 Å². The van der Waals surface area contributed by atoms with E-state index in [-0.39, 0.29) is 17.3 Å². The Morgan fingerprint density at radius 2 is 1.96 bits per heavy atom. The summed E-state index contributed by atoms with van der Waals surface area (Å²) >= 11 is 0. The number of allylic oxidation sites excluding steroid dienone is 1. The Labute approximate surface area is 138 Å². The Kier molecular flexibility index (Phi) is 4.33. The molecule has 0 unspecified atom stereocenters. The molecule has 0 aliphatic rings. The van der Waals surface area contributed by atoms with Crippen LogP contribution in [-0.2, 0) is 13.5 Å². The lowest BCUT2D eigenvalue weighted by Gasteiger charge is -2.01. The standard InChI is InChI=1S/C19H16FNO3/c1-21-10-2-3-16(21)17(22)12-18(23)19-9-8-15(24-19)11-13-4-6-14(20)7-5-13/h2-10,12,22H,11H2,1H3/b17-12-. The van der Waals surface area contributed by atoms with E-state index >= 15 is 0 Å². The van der Waals surface area contributed by atoms with Crippen molar-refractivity contribution in [2.45, 2.75) is 6.42 Å². The molecular formula is C19H16FNO3. The number of hydrogen-bond donors (Lipinski definition) is 1. The summed E-state index contributed by atoms with van der Waals surface area (Å²) in [5.41, 5.74) is 1.42. The van der Waals surface area contributed by atoms with Gasteiger partial charge in [-0.3, -0.25) is 4.79 Å². The minimum atomic E-state index is -0.418. The largest absolute Gasteiger partial charge is 0.506 e. The highest BCUT2D eigenvalue weighted by atomic mass is 19.1. The quantitative estimate of drug-likeness (QED) is 0.436. The van der Waals surface area contributed by atoms with Gasteiger partial charge in [0, 0.05) is 25.7 Å². The number of benzene rings is 1. The Morgan fingerprint density at radius 1 is 1.21 bits per heavy atom. The first-order valence-corrected chi connectivity index (χ1v) is 7.43. The zero-order valence-electron chi connectivity index (χ0n) is 13.1. The SMILES string of the molecule is Cn1cccc1/C(O)=C/C(=O)c1ccc(Cc2ccc(F)cc2)o1. The predicted molar refractivity (Wildman–Crippen MR) is 88.3 cm³/mol. The maximum Gasteiger partial charge on any atom is 0.224 e. The summed E-state index contributed by atoms with van der Waals surface area (Å²) in [6, 6.07) is 12.8. The van der Waals surface area contributed by atoms with Crippen LogP contribution in [0.4, 0.5) is 4.39 Å². The topological polar surface area (TPSA) is 55.4 Å². The molecule has 0 aliphatic heterocycles. The van der Waals surface area contributed by atoms with Crippen LogP contribution in [0.5, 0.6) is 0 Å². The minimum absolute atomic E-state index is 0.121. The van der Waals surface area contributed by atoms with Crippen molar-refractivity contribution in [2.24, 2.45) is 7.05 Å². The van der Waals surface area contributed by atoms with Gasteiger partial charge in [-0.25, -0.2) is 4.39 Å².